The molecule has 3 rings (SSSR count). The monoisotopic (exact) mass is 371 g/mol. The number of hydrogen-bond donors (Lipinski definition) is 1. The molecule has 1 aliphatic rings. The van der Waals surface area contributed by atoms with Gasteiger partial charge in [-0.3, -0.25) is 29.4 Å². The van der Waals surface area contributed by atoms with E-state index in [1.54, 1.807) is 25.1 Å². The van der Waals surface area contributed by atoms with Gasteiger partial charge < -0.3 is 5.32 Å². The summed E-state index contributed by atoms with van der Waals surface area (Å²) in [5.41, 5.74) is 0.672. The first-order valence-corrected chi connectivity index (χ1v) is 7.98. The number of anilines is 1. The number of halogens is 1. The van der Waals surface area contributed by atoms with Gasteiger partial charge in [0, 0.05) is 25.1 Å². The second kappa shape index (κ2) is 6.94. The van der Waals surface area contributed by atoms with Gasteiger partial charge in [0.25, 0.3) is 17.5 Å². The number of aryl methyl sites for hydroxylation is 1. The Hall–Kier alpha value is -3.62. The largest absolute Gasteiger partial charge is 0.323 e. The quantitative estimate of drug-likeness (QED) is 0.494. The van der Waals surface area contributed by atoms with E-state index in [0.29, 0.717) is 0 Å². The molecule has 27 heavy (non-hydrogen) atoms. The van der Waals surface area contributed by atoms with Gasteiger partial charge in [0.05, 0.1) is 21.7 Å². The second-order valence-corrected chi connectivity index (χ2v) is 6.03. The van der Waals surface area contributed by atoms with Crippen LogP contribution in [0.2, 0.25) is 0 Å². The van der Waals surface area contributed by atoms with Gasteiger partial charge in [0.1, 0.15) is 5.82 Å². The minimum Gasteiger partial charge on any atom is -0.323 e. The lowest BCUT2D eigenvalue weighted by Crippen LogP contribution is -2.33. The van der Waals surface area contributed by atoms with Crippen LogP contribution in [-0.4, -0.2) is 34.1 Å². The summed E-state index contributed by atoms with van der Waals surface area (Å²) in [6, 6.07) is 7.63. The van der Waals surface area contributed by atoms with E-state index in [2.05, 4.69) is 5.32 Å². The number of nitro benzene ring substituents is 1. The Morgan fingerprint density at radius 2 is 1.85 bits per heavy atom. The molecule has 8 nitrogen and oxygen atoms in total. The summed E-state index contributed by atoms with van der Waals surface area (Å²) in [6.07, 6.45) is -0.271. The number of benzene rings is 2. The van der Waals surface area contributed by atoms with E-state index in [-0.39, 0.29) is 35.5 Å². The number of amides is 3. The van der Waals surface area contributed by atoms with Crippen LogP contribution < -0.4 is 5.32 Å². The van der Waals surface area contributed by atoms with Gasteiger partial charge in [0.2, 0.25) is 5.91 Å². The molecule has 2 aromatic carbocycles. The number of non-ortho nitro benzene ring substituents is 1. The Balaban J connectivity index is 1.67. The zero-order valence-corrected chi connectivity index (χ0v) is 14.2. The molecule has 0 saturated heterocycles. The van der Waals surface area contributed by atoms with Crippen LogP contribution in [0.15, 0.2) is 36.4 Å². The minimum absolute atomic E-state index is 0.187. The molecule has 0 spiro atoms. The van der Waals surface area contributed by atoms with E-state index >= 15 is 0 Å². The molecule has 0 bridgehead atoms. The van der Waals surface area contributed by atoms with Gasteiger partial charge in [-0.2, -0.15) is 0 Å². The van der Waals surface area contributed by atoms with E-state index < -0.39 is 28.5 Å². The molecule has 0 radical (unpaired) electrons. The first-order valence-electron chi connectivity index (χ1n) is 7.98. The van der Waals surface area contributed by atoms with Gasteiger partial charge >= 0.3 is 0 Å². The molecule has 0 aliphatic carbocycles. The maximum absolute atomic E-state index is 13.7. The minimum atomic E-state index is -0.829. The highest BCUT2D eigenvalue weighted by Crippen LogP contribution is 2.24. The Morgan fingerprint density at radius 3 is 2.56 bits per heavy atom. The number of rotatable bonds is 5. The molecule has 0 aromatic heterocycles. The highest BCUT2D eigenvalue weighted by atomic mass is 19.1. The fraction of sp³-hybridized carbons (Fsp3) is 0.167. The van der Waals surface area contributed by atoms with E-state index in [9.17, 15) is 28.9 Å². The molecule has 2 aromatic rings. The predicted molar refractivity (Wildman–Crippen MR) is 92.8 cm³/mol. The third-order valence-corrected chi connectivity index (χ3v) is 4.12. The Morgan fingerprint density at radius 1 is 1.15 bits per heavy atom. The summed E-state index contributed by atoms with van der Waals surface area (Å²) in [7, 11) is 0. The van der Waals surface area contributed by atoms with Crippen molar-refractivity contribution in [3.05, 3.63) is 69.0 Å². The van der Waals surface area contributed by atoms with Crippen molar-refractivity contribution in [3.8, 4) is 0 Å². The first kappa shape index (κ1) is 18.2. The summed E-state index contributed by atoms with van der Waals surface area (Å²) >= 11 is 0. The van der Waals surface area contributed by atoms with E-state index in [4.69, 9.17) is 0 Å². The maximum atomic E-state index is 13.7. The van der Waals surface area contributed by atoms with Crippen molar-refractivity contribution in [3.63, 3.8) is 0 Å². The molecule has 1 aliphatic heterocycles. The molecule has 0 saturated carbocycles. The summed E-state index contributed by atoms with van der Waals surface area (Å²) in [6.45, 7) is 1.61. The van der Waals surface area contributed by atoms with Crippen molar-refractivity contribution in [2.75, 3.05) is 11.9 Å². The van der Waals surface area contributed by atoms with Crippen molar-refractivity contribution >= 4 is 29.1 Å². The number of carbonyl (C=O) groups excluding carboxylic acids is 3. The molecule has 0 atom stereocenters. The average Bonchev–Trinajstić information content (AvgIpc) is 2.85. The molecular formula is C18H14FN3O5. The van der Waals surface area contributed by atoms with Crippen LogP contribution in [0.4, 0.5) is 15.8 Å². The molecule has 3 amide bonds. The standard InChI is InChI=1S/C18H14FN3O5/c1-10-2-4-12-13(8-10)18(25)21(17(12)24)7-6-16(23)20-15-9-11(22(26)27)3-5-14(15)19/h2-5,8-9H,6-7H2,1H3,(H,20,23). The van der Waals surface area contributed by atoms with Crippen molar-refractivity contribution in [2.45, 2.75) is 13.3 Å². The smallest absolute Gasteiger partial charge is 0.271 e. The number of fused-ring (bicyclic) bond motifs is 1. The number of nitro groups is 1. The van der Waals surface area contributed by atoms with Gasteiger partial charge in [-0.15, -0.1) is 0 Å². The fourth-order valence-electron chi connectivity index (χ4n) is 2.76. The normalized spacial score (nSPS) is 12.9. The summed E-state index contributed by atoms with van der Waals surface area (Å²) in [5, 5.41) is 13.0. The number of hydrogen-bond acceptors (Lipinski definition) is 5. The first-order chi connectivity index (χ1) is 12.8. The fourth-order valence-corrected chi connectivity index (χ4v) is 2.76. The highest BCUT2D eigenvalue weighted by molar-refractivity contribution is 6.21. The summed E-state index contributed by atoms with van der Waals surface area (Å²) in [4.78, 5) is 47.7. The molecule has 9 heteroatoms. The lowest BCUT2D eigenvalue weighted by atomic mass is 10.1. The lowest BCUT2D eigenvalue weighted by Gasteiger charge is -2.13. The average molecular weight is 371 g/mol. The van der Waals surface area contributed by atoms with Crippen LogP contribution in [0.25, 0.3) is 0 Å². The van der Waals surface area contributed by atoms with Crippen LogP contribution in [0.1, 0.15) is 32.7 Å². The third-order valence-electron chi connectivity index (χ3n) is 4.12. The summed E-state index contributed by atoms with van der Waals surface area (Å²) < 4.78 is 13.7. The number of carbonyl (C=O) groups is 3. The zero-order valence-electron chi connectivity index (χ0n) is 14.2. The van der Waals surface area contributed by atoms with Crippen molar-refractivity contribution in [2.24, 2.45) is 0 Å². The number of nitrogens with one attached hydrogen (secondary N) is 1. The van der Waals surface area contributed by atoms with Crippen molar-refractivity contribution in [1.29, 1.82) is 0 Å². The van der Waals surface area contributed by atoms with Gasteiger partial charge in [0.15, 0.2) is 0 Å². The Bertz CT molecular complexity index is 989. The van der Waals surface area contributed by atoms with Crippen LogP contribution >= 0.6 is 0 Å². The van der Waals surface area contributed by atoms with Gasteiger partial charge in [-0.25, -0.2) is 4.39 Å². The third kappa shape index (κ3) is 3.52. The maximum Gasteiger partial charge on any atom is 0.271 e. The van der Waals surface area contributed by atoms with Crippen LogP contribution in [0.5, 0.6) is 0 Å². The number of nitrogens with zero attached hydrogens (tertiary/aromatic N) is 2. The molecule has 1 N–H and O–H groups in total. The van der Waals surface area contributed by atoms with Crippen molar-refractivity contribution in [1.82, 2.24) is 4.90 Å². The molecule has 138 valence electrons. The van der Waals surface area contributed by atoms with E-state index in [0.717, 1.165) is 28.7 Å². The highest BCUT2D eigenvalue weighted by Gasteiger charge is 2.35. The Labute approximate surface area is 152 Å². The summed E-state index contributed by atoms with van der Waals surface area (Å²) in [5.74, 6) is -2.50. The zero-order chi connectivity index (χ0) is 19.7. The second-order valence-electron chi connectivity index (χ2n) is 6.03. The Kier molecular flexibility index (Phi) is 4.68. The van der Waals surface area contributed by atoms with E-state index in [1.807, 2.05) is 0 Å². The van der Waals surface area contributed by atoms with Crippen LogP contribution in [-0.2, 0) is 4.79 Å². The topological polar surface area (TPSA) is 110 Å². The molecule has 0 unspecified atom stereocenters. The predicted octanol–water partition coefficient (Wildman–Crippen LogP) is 2.67. The SMILES string of the molecule is Cc1ccc2c(c1)C(=O)N(CCC(=O)Nc1cc([N+](=O)[O-])ccc1F)C2=O. The molecule has 0 fully saturated rings. The molecular weight excluding hydrogens is 357 g/mol. The van der Waals surface area contributed by atoms with Crippen molar-refractivity contribution < 1.29 is 23.7 Å². The van der Waals surface area contributed by atoms with Gasteiger partial charge in [-0.1, -0.05) is 11.6 Å². The van der Waals surface area contributed by atoms with E-state index in [1.165, 1.54) is 0 Å². The molecule has 1 heterocycles. The number of imide groups is 1. The lowest BCUT2D eigenvalue weighted by molar-refractivity contribution is -0.384. The van der Waals surface area contributed by atoms with Crippen LogP contribution in [0, 0.1) is 22.9 Å². The van der Waals surface area contributed by atoms with Crippen LogP contribution in [0.3, 0.4) is 0 Å². The van der Waals surface area contributed by atoms with Gasteiger partial charge in [-0.05, 0) is 25.1 Å².